The molecule has 1 aromatic rings. The largest absolute Gasteiger partial charge is 0.379 e. The van der Waals surface area contributed by atoms with Gasteiger partial charge in [-0.1, -0.05) is 23.4 Å². The fourth-order valence-corrected chi connectivity index (χ4v) is 4.74. The Kier molecular flexibility index (Phi) is 7.66. The SMILES string of the molecule is O=C(CSc1nc(Cl)cc(N2CCC3(CC2)OCCO3)n1)NCCN1CCOCC1. The van der Waals surface area contributed by atoms with Gasteiger partial charge in [-0.15, -0.1) is 0 Å². The second kappa shape index (κ2) is 10.4. The molecule has 1 spiro atoms. The van der Waals surface area contributed by atoms with Crippen molar-refractivity contribution in [1.82, 2.24) is 20.2 Å². The summed E-state index contributed by atoms with van der Waals surface area (Å²) in [6, 6.07) is 1.77. The number of anilines is 1. The van der Waals surface area contributed by atoms with E-state index < -0.39 is 5.79 Å². The van der Waals surface area contributed by atoms with Crippen LogP contribution in [0.5, 0.6) is 0 Å². The minimum absolute atomic E-state index is 0.0335. The Hall–Kier alpha value is -1.17. The van der Waals surface area contributed by atoms with Crippen molar-refractivity contribution in [2.75, 3.05) is 76.3 Å². The molecule has 3 aliphatic heterocycles. The first kappa shape index (κ1) is 22.0. The van der Waals surface area contributed by atoms with Crippen LogP contribution >= 0.6 is 23.4 Å². The third kappa shape index (κ3) is 5.95. The third-order valence-corrected chi connectivity index (χ3v) is 6.55. The lowest BCUT2D eigenvalue weighted by atomic mass is 10.0. The number of amides is 1. The van der Waals surface area contributed by atoms with Gasteiger partial charge in [-0.25, -0.2) is 9.97 Å². The zero-order valence-electron chi connectivity index (χ0n) is 17.0. The minimum atomic E-state index is -0.426. The van der Waals surface area contributed by atoms with E-state index in [1.165, 1.54) is 11.8 Å². The van der Waals surface area contributed by atoms with E-state index in [2.05, 4.69) is 25.1 Å². The summed E-state index contributed by atoms with van der Waals surface area (Å²) in [5.74, 6) is 0.574. The van der Waals surface area contributed by atoms with Gasteiger partial charge in [0.05, 0.1) is 32.2 Å². The Morgan fingerprint density at radius 2 is 1.87 bits per heavy atom. The molecule has 3 aliphatic rings. The van der Waals surface area contributed by atoms with Crippen LogP contribution < -0.4 is 10.2 Å². The zero-order valence-corrected chi connectivity index (χ0v) is 18.6. The van der Waals surface area contributed by atoms with E-state index >= 15 is 0 Å². The third-order valence-electron chi connectivity index (χ3n) is 5.51. The molecule has 4 rings (SSSR count). The Morgan fingerprint density at radius 3 is 2.60 bits per heavy atom. The van der Waals surface area contributed by atoms with E-state index in [1.807, 2.05) is 0 Å². The van der Waals surface area contributed by atoms with Gasteiger partial charge < -0.3 is 24.4 Å². The molecule has 0 radical (unpaired) electrons. The lowest BCUT2D eigenvalue weighted by Crippen LogP contribution is -2.45. The minimum Gasteiger partial charge on any atom is -0.379 e. The number of halogens is 1. The Bertz CT molecular complexity index is 721. The number of nitrogens with zero attached hydrogens (tertiary/aromatic N) is 4. The summed E-state index contributed by atoms with van der Waals surface area (Å²) in [5.41, 5.74) is 0. The van der Waals surface area contributed by atoms with Crippen molar-refractivity contribution in [3.8, 4) is 0 Å². The normalized spacial score (nSPS) is 21.8. The molecule has 0 saturated carbocycles. The fourth-order valence-electron chi connectivity index (χ4n) is 3.83. The molecule has 0 aliphatic carbocycles. The number of morpholine rings is 1. The van der Waals surface area contributed by atoms with Crippen molar-refractivity contribution >= 4 is 35.1 Å². The first-order valence-corrected chi connectivity index (χ1v) is 11.8. The molecule has 11 heteroatoms. The highest BCUT2D eigenvalue weighted by molar-refractivity contribution is 7.99. The number of hydrogen-bond donors (Lipinski definition) is 1. The van der Waals surface area contributed by atoms with Crippen LogP contribution in [0.2, 0.25) is 5.15 Å². The predicted molar refractivity (Wildman–Crippen MR) is 114 cm³/mol. The summed E-state index contributed by atoms with van der Waals surface area (Å²) in [4.78, 5) is 25.5. The molecule has 3 saturated heterocycles. The molecule has 0 bridgehead atoms. The van der Waals surface area contributed by atoms with Crippen LogP contribution in [0.25, 0.3) is 0 Å². The maximum Gasteiger partial charge on any atom is 0.230 e. The van der Waals surface area contributed by atoms with Crippen molar-refractivity contribution in [1.29, 1.82) is 0 Å². The Morgan fingerprint density at radius 1 is 1.13 bits per heavy atom. The van der Waals surface area contributed by atoms with Gasteiger partial charge in [0.1, 0.15) is 11.0 Å². The van der Waals surface area contributed by atoms with Crippen molar-refractivity contribution in [2.24, 2.45) is 0 Å². The molecule has 166 valence electrons. The maximum absolute atomic E-state index is 12.2. The first-order chi connectivity index (χ1) is 14.6. The summed E-state index contributed by atoms with van der Waals surface area (Å²) >= 11 is 7.52. The van der Waals surface area contributed by atoms with Gasteiger partial charge in [-0.05, 0) is 0 Å². The highest BCUT2D eigenvalue weighted by Gasteiger charge is 2.40. The van der Waals surface area contributed by atoms with Crippen LogP contribution in [0.1, 0.15) is 12.8 Å². The summed E-state index contributed by atoms with van der Waals surface area (Å²) in [6.45, 7) is 7.69. The maximum atomic E-state index is 12.2. The molecule has 0 atom stereocenters. The monoisotopic (exact) mass is 457 g/mol. The number of nitrogens with one attached hydrogen (secondary N) is 1. The van der Waals surface area contributed by atoms with E-state index in [1.54, 1.807) is 6.07 Å². The lowest BCUT2D eigenvalue weighted by Gasteiger charge is -2.38. The molecule has 1 amide bonds. The van der Waals surface area contributed by atoms with E-state index in [0.29, 0.717) is 30.1 Å². The molecule has 0 aromatic carbocycles. The average molecular weight is 458 g/mol. The van der Waals surface area contributed by atoms with Gasteiger partial charge in [0, 0.05) is 58.2 Å². The smallest absolute Gasteiger partial charge is 0.230 e. The summed E-state index contributed by atoms with van der Waals surface area (Å²) in [7, 11) is 0. The van der Waals surface area contributed by atoms with Crippen LogP contribution in [0.3, 0.4) is 0 Å². The topological polar surface area (TPSA) is 89.1 Å². The van der Waals surface area contributed by atoms with Gasteiger partial charge in [-0.2, -0.15) is 0 Å². The predicted octanol–water partition coefficient (Wildman–Crippen LogP) is 1.01. The lowest BCUT2D eigenvalue weighted by molar-refractivity contribution is -0.169. The van der Waals surface area contributed by atoms with Gasteiger partial charge in [0.15, 0.2) is 10.9 Å². The van der Waals surface area contributed by atoms with Crippen molar-refractivity contribution in [2.45, 2.75) is 23.8 Å². The fraction of sp³-hybridized carbons (Fsp3) is 0.737. The van der Waals surface area contributed by atoms with Crippen molar-refractivity contribution in [3.05, 3.63) is 11.2 Å². The van der Waals surface area contributed by atoms with Crippen molar-refractivity contribution in [3.63, 3.8) is 0 Å². The summed E-state index contributed by atoms with van der Waals surface area (Å²) in [6.07, 6.45) is 1.59. The number of ether oxygens (including phenoxy) is 3. The van der Waals surface area contributed by atoms with Crippen molar-refractivity contribution < 1.29 is 19.0 Å². The van der Waals surface area contributed by atoms with E-state index in [0.717, 1.165) is 64.6 Å². The van der Waals surface area contributed by atoms with E-state index in [4.69, 9.17) is 25.8 Å². The molecule has 30 heavy (non-hydrogen) atoms. The number of aromatic nitrogens is 2. The molecule has 3 fully saturated rings. The number of rotatable bonds is 7. The second-order valence-electron chi connectivity index (χ2n) is 7.52. The molecule has 4 heterocycles. The van der Waals surface area contributed by atoms with Gasteiger partial charge in [0.25, 0.3) is 0 Å². The molecule has 1 N–H and O–H groups in total. The Labute approximate surface area is 185 Å². The van der Waals surface area contributed by atoms with E-state index in [-0.39, 0.29) is 11.7 Å². The molecule has 9 nitrogen and oxygen atoms in total. The number of carbonyl (C=O) groups is 1. The van der Waals surface area contributed by atoms with Crippen LogP contribution in [0.4, 0.5) is 5.82 Å². The number of thioether (sulfide) groups is 1. The molecule has 1 aromatic heterocycles. The highest BCUT2D eigenvalue weighted by atomic mass is 35.5. The first-order valence-electron chi connectivity index (χ1n) is 10.4. The summed E-state index contributed by atoms with van der Waals surface area (Å²) in [5, 5.41) is 3.84. The molecular weight excluding hydrogens is 430 g/mol. The van der Waals surface area contributed by atoms with Gasteiger partial charge in [0.2, 0.25) is 5.91 Å². The highest BCUT2D eigenvalue weighted by Crippen LogP contribution is 2.33. The van der Waals surface area contributed by atoms with Gasteiger partial charge in [-0.3, -0.25) is 9.69 Å². The quantitative estimate of drug-likeness (QED) is 0.366. The van der Waals surface area contributed by atoms with Crippen LogP contribution in [0, 0.1) is 0 Å². The zero-order chi connectivity index (χ0) is 20.8. The van der Waals surface area contributed by atoms with Crippen LogP contribution in [-0.4, -0.2) is 98.0 Å². The standard InChI is InChI=1S/C19H28ClN5O4S/c20-15-13-16(25-4-1-19(2-5-25)28-11-12-29-19)23-18(22-15)30-14-17(26)21-3-6-24-7-9-27-10-8-24/h13H,1-12,14H2,(H,21,26). The second-order valence-corrected chi connectivity index (χ2v) is 8.85. The number of piperidine rings is 1. The van der Waals surface area contributed by atoms with Crippen LogP contribution in [0.15, 0.2) is 11.2 Å². The van der Waals surface area contributed by atoms with Crippen LogP contribution in [-0.2, 0) is 19.0 Å². The molecule has 0 unspecified atom stereocenters. The average Bonchev–Trinajstić information content (AvgIpc) is 3.21. The Balaban J connectivity index is 1.23. The number of carbonyl (C=O) groups excluding carboxylic acids is 1. The van der Waals surface area contributed by atoms with Gasteiger partial charge >= 0.3 is 0 Å². The summed E-state index contributed by atoms with van der Waals surface area (Å²) < 4.78 is 16.9. The molecular formula is C19H28ClN5O4S. The number of hydrogen-bond acceptors (Lipinski definition) is 9. The van der Waals surface area contributed by atoms with E-state index in [9.17, 15) is 4.79 Å².